The molecule has 21 heavy (non-hydrogen) atoms. The van der Waals surface area contributed by atoms with Crippen LogP contribution in [0.3, 0.4) is 0 Å². The van der Waals surface area contributed by atoms with Gasteiger partial charge in [-0.05, 0) is 31.9 Å². The van der Waals surface area contributed by atoms with Gasteiger partial charge < -0.3 is 10.3 Å². The maximum Gasteiger partial charge on any atom is 0.482 e. The van der Waals surface area contributed by atoms with Gasteiger partial charge in [-0.15, -0.1) is 0 Å². The molecule has 2 N–H and O–H groups in total. The number of rotatable bonds is 2. The van der Waals surface area contributed by atoms with Crippen molar-refractivity contribution in [2.75, 3.05) is 5.73 Å². The van der Waals surface area contributed by atoms with Crippen LogP contribution >= 0.6 is 31.9 Å². The summed E-state index contributed by atoms with van der Waals surface area (Å²) in [5, 5.41) is -5.89. The first-order valence-corrected chi connectivity index (χ1v) is 7.45. The Morgan fingerprint density at radius 2 is 1.24 bits per heavy atom. The van der Waals surface area contributed by atoms with Gasteiger partial charge >= 0.3 is 17.4 Å². The molecule has 0 saturated carbocycles. The van der Waals surface area contributed by atoms with Crippen LogP contribution in [0.15, 0.2) is 26.0 Å². The Morgan fingerprint density at radius 1 is 0.905 bits per heavy atom. The van der Waals surface area contributed by atoms with Crippen molar-refractivity contribution in [3.63, 3.8) is 0 Å². The molecule has 0 bridgehead atoms. The second-order valence-electron chi connectivity index (χ2n) is 3.66. The van der Waals surface area contributed by atoms with Gasteiger partial charge in [-0.2, -0.15) is 30.7 Å². The maximum atomic E-state index is 13.6. The van der Waals surface area contributed by atoms with Crippen LogP contribution in [0.5, 0.6) is 0 Å². The minimum atomic E-state index is -6.41. The molecule has 1 aromatic carbocycles. The number of hydrogen-bond donors (Lipinski definition) is 1. The summed E-state index contributed by atoms with van der Waals surface area (Å²) in [5.74, 6) is 0. The van der Waals surface area contributed by atoms with Crippen LogP contribution in [0, 0.1) is 0 Å². The van der Waals surface area contributed by atoms with Crippen LogP contribution in [0.1, 0.15) is 0 Å². The minimum Gasteiger partial charge on any atom is -0.608 e. The number of hydrogen-bond acceptors (Lipinski definition) is 2. The number of benzene rings is 1. The molecule has 0 aliphatic rings. The smallest absolute Gasteiger partial charge is 0.482 e. The Balaban J connectivity index is 3.48. The van der Waals surface area contributed by atoms with Crippen molar-refractivity contribution in [1.82, 2.24) is 0 Å². The number of nitrogens with two attached hydrogens (primary N) is 1. The monoisotopic (exact) mass is 465 g/mol. The van der Waals surface area contributed by atoms with E-state index < -0.39 is 33.4 Å². The first kappa shape index (κ1) is 18.8. The molecule has 0 aliphatic heterocycles. The first-order chi connectivity index (χ1) is 9.23. The lowest BCUT2D eigenvalue weighted by atomic mass is 10.3. The third-order valence-electron chi connectivity index (χ3n) is 2.25. The van der Waals surface area contributed by atoms with Crippen LogP contribution in [0.2, 0.25) is 0 Å². The summed E-state index contributed by atoms with van der Waals surface area (Å²) in [5.41, 5.74) is 5.34. The molecule has 12 heteroatoms. The van der Waals surface area contributed by atoms with E-state index in [1.54, 1.807) is 0 Å². The Kier molecular flexibility index (Phi) is 5.19. The van der Waals surface area contributed by atoms with E-state index in [9.17, 15) is 35.3 Å². The zero-order chi connectivity index (χ0) is 16.8. The van der Waals surface area contributed by atoms with E-state index in [-0.39, 0.29) is 14.6 Å². The molecular weight excluding hydrogens is 463 g/mol. The number of alkyl halides is 7. The fourth-order valence-electron chi connectivity index (χ4n) is 1.20. The molecule has 0 radical (unpaired) electrons. The third-order valence-corrected chi connectivity index (χ3v) is 5.20. The van der Waals surface area contributed by atoms with E-state index in [1.807, 2.05) is 0 Å². The minimum absolute atomic E-state index is 0.0563. The molecule has 0 aromatic heterocycles. The highest BCUT2D eigenvalue weighted by molar-refractivity contribution is 9.11. The average Bonchev–Trinajstić information content (AvgIpc) is 2.30. The van der Waals surface area contributed by atoms with Gasteiger partial charge in [0.2, 0.25) is 0 Å². The predicted molar refractivity (Wildman–Crippen MR) is 68.6 cm³/mol. The summed E-state index contributed by atoms with van der Waals surface area (Å²) >= 11 is 1.43. The van der Waals surface area contributed by atoms with Crippen LogP contribution in [0.4, 0.5) is 36.4 Å². The molecule has 0 aliphatic carbocycles. The Hall–Kier alpha value is -0.200. The second-order valence-corrected chi connectivity index (χ2v) is 6.94. The van der Waals surface area contributed by atoms with Gasteiger partial charge in [0.25, 0.3) is 0 Å². The lowest BCUT2D eigenvalue weighted by molar-refractivity contribution is -0.305. The summed E-state index contributed by atoms with van der Waals surface area (Å²) in [6.45, 7) is 0. The third kappa shape index (κ3) is 3.27. The van der Waals surface area contributed by atoms with E-state index in [0.29, 0.717) is 12.1 Å². The van der Waals surface area contributed by atoms with Gasteiger partial charge in [0.15, 0.2) is 4.90 Å². The lowest BCUT2D eigenvalue weighted by Crippen LogP contribution is -2.58. The van der Waals surface area contributed by atoms with E-state index >= 15 is 0 Å². The Labute approximate surface area is 133 Å². The molecule has 1 unspecified atom stereocenters. The average molecular weight is 467 g/mol. The molecule has 1 atom stereocenters. The van der Waals surface area contributed by atoms with Gasteiger partial charge in [0, 0.05) is 32.3 Å². The van der Waals surface area contributed by atoms with Crippen molar-refractivity contribution in [1.29, 1.82) is 0 Å². The largest absolute Gasteiger partial charge is 0.608 e. The van der Waals surface area contributed by atoms with Crippen LogP contribution in [-0.2, 0) is 11.2 Å². The van der Waals surface area contributed by atoms with Crippen LogP contribution < -0.4 is 5.73 Å². The normalized spacial score (nSPS) is 15.1. The summed E-state index contributed by atoms with van der Waals surface area (Å²) in [6.07, 6.45) is -12.8. The summed E-state index contributed by atoms with van der Waals surface area (Å²) in [4.78, 5) is -1.03. The van der Waals surface area contributed by atoms with Gasteiger partial charge in [-0.25, -0.2) is 0 Å². The molecule has 1 aromatic rings. The Bertz CT molecular complexity index is 511. The van der Waals surface area contributed by atoms with Gasteiger partial charge in [-0.1, -0.05) is 0 Å². The summed E-state index contributed by atoms with van der Waals surface area (Å²) in [7, 11) is 0. The molecule has 0 saturated heterocycles. The molecule has 120 valence electrons. The van der Waals surface area contributed by atoms with Crippen LogP contribution in [0.25, 0.3) is 0 Å². The number of nitrogen functional groups attached to an aromatic ring is 1. The standard InChI is InChI=1S/C9H4Br2F7NOS/c10-4-1-3(2-5(11)6(4)19)21(20)7(12,8(13,14)15)9(16,17)18/h1-2H,19H2. The van der Waals surface area contributed by atoms with E-state index in [0.717, 1.165) is 0 Å². The molecule has 0 spiro atoms. The number of halogens is 9. The molecule has 0 amide bonds. The van der Waals surface area contributed by atoms with Crippen molar-refractivity contribution in [2.24, 2.45) is 0 Å². The Morgan fingerprint density at radius 3 is 1.52 bits per heavy atom. The van der Waals surface area contributed by atoms with Crippen molar-refractivity contribution in [2.45, 2.75) is 22.2 Å². The predicted octanol–water partition coefficient (Wildman–Crippen LogP) is 4.69. The van der Waals surface area contributed by atoms with Gasteiger partial charge in [0.1, 0.15) is 0 Å². The quantitative estimate of drug-likeness (QED) is 0.390. The molecule has 0 fully saturated rings. The maximum absolute atomic E-state index is 13.6. The molecule has 0 heterocycles. The molecular formula is C9H4Br2F7NOS. The topological polar surface area (TPSA) is 49.1 Å². The number of anilines is 1. The van der Waals surface area contributed by atoms with Crippen molar-refractivity contribution < 1.29 is 35.3 Å². The second kappa shape index (κ2) is 5.78. The van der Waals surface area contributed by atoms with Gasteiger partial charge in [-0.3, -0.25) is 0 Å². The highest BCUT2D eigenvalue weighted by atomic mass is 79.9. The summed E-state index contributed by atoms with van der Waals surface area (Å²) < 4.78 is 99.8. The van der Waals surface area contributed by atoms with E-state index in [1.165, 1.54) is 0 Å². The van der Waals surface area contributed by atoms with Crippen LogP contribution in [-0.4, -0.2) is 21.9 Å². The van der Waals surface area contributed by atoms with Crippen molar-refractivity contribution in [3.05, 3.63) is 21.1 Å². The van der Waals surface area contributed by atoms with Crippen molar-refractivity contribution in [3.8, 4) is 0 Å². The first-order valence-electron chi connectivity index (χ1n) is 4.72. The van der Waals surface area contributed by atoms with E-state index in [2.05, 4.69) is 31.9 Å². The van der Waals surface area contributed by atoms with Crippen molar-refractivity contribution >= 4 is 48.7 Å². The fourth-order valence-corrected chi connectivity index (χ4v) is 3.89. The highest BCUT2D eigenvalue weighted by Crippen LogP contribution is 2.52. The highest BCUT2D eigenvalue weighted by Gasteiger charge is 2.82. The molecule has 1 rings (SSSR count). The van der Waals surface area contributed by atoms with Gasteiger partial charge in [0.05, 0.1) is 5.69 Å². The zero-order valence-electron chi connectivity index (χ0n) is 9.45. The lowest BCUT2D eigenvalue weighted by Gasteiger charge is -2.30. The SMILES string of the molecule is Nc1c(Br)cc([S+]([O-])C(F)(C(F)(F)F)C(F)(F)F)cc1Br. The fraction of sp³-hybridized carbons (Fsp3) is 0.333. The zero-order valence-corrected chi connectivity index (χ0v) is 13.4. The molecule has 2 nitrogen and oxygen atoms in total. The summed E-state index contributed by atoms with van der Waals surface area (Å²) in [6, 6.07) is 1.25. The van der Waals surface area contributed by atoms with E-state index in [4.69, 9.17) is 5.73 Å².